The average molecular weight is 262 g/mol. The number of ether oxygens (including phenoxy) is 3. The van der Waals surface area contributed by atoms with E-state index in [1.165, 1.54) is 6.08 Å². The van der Waals surface area contributed by atoms with E-state index in [0.29, 0.717) is 18.8 Å². The number of rotatable bonds is 4. The molecule has 1 aliphatic rings. The van der Waals surface area contributed by atoms with Crippen LogP contribution in [0.3, 0.4) is 0 Å². The number of carbonyl (C=O) groups excluding carboxylic acids is 2. The Morgan fingerprint density at radius 1 is 1.47 bits per heavy atom. The molecule has 5 nitrogen and oxygen atoms in total. The molecule has 2 rings (SSSR count). The number of esters is 2. The fraction of sp³-hybridized carbons (Fsp3) is 0.286. The van der Waals surface area contributed by atoms with Crippen LogP contribution in [0.5, 0.6) is 5.75 Å². The Hall–Kier alpha value is -2.30. The van der Waals surface area contributed by atoms with Gasteiger partial charge < -0.3 is 14.2 Å². The predicted octanol–water partition coefficient (Wildman–Crippen LogP) is 1.57. The maximum absolute atomic E-state index is 11.5. The first-order valence-electron chi connectivity index (χ1n) is 5.88. The third-order valence-electron chi connectivity index (χ3n) is 2.65. The SMILES string of the molecule is COc1cccc(/C=C/C(=O)O[C@@H]2CCOC2=O)c1. The van der Waals surface area contributed by atoms with Gasteiger partial charge in [-0.1, -0.05) is 12.1 Å². The number of benzene rings is 1. The standard InChI is InChI=1S/C14H14O5/c1-17-11-4-2-3-10(9-11)5-6-13(15)19-12-7-8-18-14(12)16/h2-6,9,12H,7-8H2,1H3/b6-5+/t12-/m1/s1. The lowest BCUT2D eigenvalue weighted by molar-refractivity contribution is -0.156. The molecule has 100 valence electrons. The molecule has 0 bridgehead atoms. The lowest BCUT2D eigenvalue weighted by atomic mass is 10.2. The molecule has 1 aromatic rings. The summed E-state index contributed by atoms with van der Waals surface area (Å²) in [4.78, 5) is 22.7. The van der Waals surface area contributed by atoms with Crippen molar-refractivity contribution < 1.29 is 23.8 Å². The van der Waals surface area contributed by atoms with Gasteiger partial charge in [-0.3, -0.25) is 0 Å². The van der Waals surface area contributed by atoms with Gasteiger partial charge in [0.05, 0.1) is 13.7 Å². The van der Waals surface area contributed by atoms with Crippen LogP contribution in [0, 0.1) is 0 Å². The molecule has 0 unspecified atom stereocenters. The Kier molecular flexibility index (Phi) is 4.18. The van der Waals surface area contributed by atoms with E-state index in [0.717, 1.165) is 5.56 Å². The summed E-state index contributed by atoms with van der Waals surface area (Å²) in [6, 6.07) is 7.24. The van der Waals surface area contributed by atoms with Gasteiger partial charge in [0.2, 0.25) is 6.10 Å². The van der Waals surface area contributed by atoms with Crippen LogP contribution in [-0.2, 0) is 19.1 Å². The molecule has 1 fully saturated rings. The minimum absolute atomic E-state index is 0.302. The molecule has 0 saturated carbocycles. The summed E-state index contributed by atoms with van der Waals surface area (Å²) in [6.45, 7) is 0.302. The second kappa shape index (κ2) is 6.04. The first-order valence-corrected chi connectivity index (χ1v) is 5.88. The topological polar surface area (TPSA) is 61.8 Å². The van der Waals surface area contributed by atoms with Gasteiger partial charge in [-0.25, -0.2) is 9.59 Å². The van der Waals surface area contributed by atoms with Crippen molar-refractivity contribution in [2.24, 2.45) is 0 Å². The fourth-order valence-corrected chi connectivity index (χ4v) is 1.67. The Bertz CT molecular complexity index is 506. The minimum atomic E-state index is -0.776. The number of methoxy groups -OCH3 is 1. The second-order valence-electron chi connectivity index (χ2n) is 3.99. The van der Waals surface area contributed by atoms with E-state index >= 15 is 0 Å². The molecule has 0 N–H and O–H groups in total. The van der Waals surface area contributed by atoms with Crippen molar-refractivity contribution in [3.8, 4) is 5.75 Å². The van der Waals surface area contributed by atoms with Gasteiger partial charge in [0.1, 0.15) is 5.75 Å². The van der Waals surface area contributed by atoms with Crippen LogP contribution in [0.2, 0.25) is 0 Å². The molecule has 0 aromatic heterocycles. The highest BCUT2D eigenvalue weighted by Gasteiger charge is 2.29. The smallest absolute Gasteiger partial charge is 0.347 e. The minimum Gasteiger partial charge on any atom is -0.497 e. The van der Waals surface area contributed by atoms with Gasteiger partial charge in [-0.2, -0.15) is 0 Å². The summed E-state index contributed by atoms with van der Waals surface area (Å²) in [5, 5.41) is 0. The van der Waals surface area contributed by atoms with Gasteiger partial charge in [-0.15, -0.1) is 0 Å². The average Bonchev–Trinajstić information content (AvgIpc) is 2.82. The second-order valence-corrected chi connectivity index (χ2v) is 3.99. The molecule has 0 amide bonds. The molecular formula is C14H14O5. The summed E-state index contributed by atoms with van der Waals surface area (Å²) < 4.78 is 14.7. The van der Waals surface area contributed by atoms with Crippen molar-refractivity contribution in [3.63, 3.8) is 0 Å². The van der Waals surface area contributed by atoms with Crippen LogP contribution in [0.25, 0.3) is 6.08 Å². The summed E-state index contributed by atoms with van der Waals surface area (Å²) >= 11 is 0. The monoisotopic (exact) mass is 262 g/mol. The van der Waals surface area contributed by atoms with Gasteiger partial charge in [0, 0.05) is 12.5 Å². The van der Waals surface area contributed by atoms with Crippen LogP contribution < -0.4 is 4.74 Å². The normalized spacial score (nSPS) is 18.4. The zero-order chi connectivity index (χ0) is 13.7. The molecule has 1 saturated heterocycles. The van der Waals surface area contributed by atoms with Crippen molar-refractivity contribution in [1.82, 2.24) is 0 Å². The number of cyclic esters (lactones) is 1. The van der Waals surface area contributed by atoms with Gasteiger partial charge in [-0.05, 0) is 23.8 Å². The predicted molar refractivity (Wildman–Crippen MR) is 67.5 cm³/mol. The zero-order valence-electron chi connectivity index (χ0n) is 10.5. The molecule has 5 heteroatoms. The quantitative estimate of drug-likeness (QED) is 0.608. The Balaban J connectivity index is 1.93. The molecule has 19 heavy (non-hydrogen) atoms. The van der Waals surface area contributed by atoms with Crippen LogP contribution >= 0.6 is 0 Å². The highest BCUT2D eigenvalue weighted by atomic mass is 16.6. The zero-order valence-corrected chi connectivity index (χ0v) is 10.5. The Morgan fingerprint density at radius 3 is 3.00 bits per heavy atom. The van der Waals surface area contributed by atoms with Crippen molar-refractivity contribution in [2.75, 3.05) is 13.7 Å². The Morgan fingerprint density at radius 2 is 2.32 bits per heavy atom. The molecule has 0 aliphatic carbocycles. The maximum Gasteiger partial charge on any atom is 0.347 e. The number of carbonyl (C=O) groups is 2. The summed E-state index contributed by atoms with van der Waals surface area (Å²) in [6.07, 6.45) is 2.52. The lowest BCUT2D eigenvalue weighted by Gasteiger charge is -2.05. The van der Waals surface area contributed by atoms with Crippen molar-refractivity contribution in [1.29, 1.82) is 0 Å². The fourth-order valence-electron chi connectivity index (χ4n) is 1.67. The van der Waals surface area contributed by atoms with E-state index in [9.17, 15) is 9.59 Å². The largest absolute Gasteiger partial charge is 0.497 e. The number of hydrogen-bond donors (Lipinski definition) is 0. The summed E-state index contributed by atoms with van der Waals surface area (Å²) in [5.74, 6) is -0.343. The van der Waals surface area contributed by atoms with Gasteiger partial charge in [0.15, 0.2) is 0 Å². The van der Waals surface area contributed by atoms with E-state index in [1.54, 1.807) is 19.3 Å². The third kappa shape index (κ3) is 3.58. The van der Waals surface area contributed by atoms with Crippen molar-refractivity contribution >= 4 is 18.0 Å². The highest BCUT2D eigenvalue weighted by molar-refractivity contribution is 5.89. The molecule has 1 aliphatic heterocycles. The van der Waals surface area contributed by atoms with Crippen LogP contribution in [0.15, 0.2) is 30.3 Å². The molecule has 1 aromatic carbocycles. The molecule has 1 heterocycles. The van der Waals surface area contributed by atoms with Crippen LogP contribution in [-0.4, -0.2) is 31.8 Å². The van der Waals surface area contributed by atoms with E-state index < -0.39 is 18.0 Å². The van der Waals surface area contributed by atoms with Crippen molar-refractivity contribution in [2.45, 2.75) is 12.5 Å². The van der Waals surface area contributed by atoms with E-state index in [4.69, 9.17) is 14.2 Å². The molecule has 1 atom stereocenters. The maximum atomic E-state index is 11.5. The van der Waals surface area contributed by atoms with Gasteiger partial charge >= 0.3 is 11.9 Å². The van der Waals surface area contributed by atoms with Crippen molar-refractivity contribution in [3.05, 3.63) is 35.9 Å². The highest BCUT2D eigenvalue weighted by Crippen LogP contribution is 2.14. The van der Waals surface area contributed by atoms with Crippen LogP contribution in [0.1, 0.15) is 12.0 Å². The third-order valence-corrected chi connectivity index (χ3v) is 2.65. The summed E-state index contributed by atoms with van der Waals surface area (Å²) in [7, 11) is 1.57. The van der Waals surface area contributed by atoms with E-state index in [1.807, 2.05) is 18.2 Å². The van der Waals surface area contributed by atoms with Crippen LogP contribution in [0.4, 0.5) is 0 Å². The number of hydrogen-bond acceptors (Lipinski definition) is 5. The summed E-state index contributed by atoms with van der Waals surface area (Å²) in [5.41, 5.74) is 0.810. The Labute approximate surface area is 110 Å². The molecular weight excluding hydrogens is 248 g/mol. The lowest BCUT2D eigenvalue weighted by Crippen LogP contribution is -2.21. The first-order chi connectivity index (χ1) is 9.19. The van der Waals surface area contributed by atoms with E-state index in [2.05, 4.69) is 0 Å². The molecule has 0 radical (unpaired) electrons. The first kappa shape index (κ1) is 13.1. The van der Waals surface area contributed by atoms with E-state index in [-0.39, 0.29) is 0 Å². The molecule has 0 spiro atoms. The van der Waals surface area contributed by atoms with Gasteiger partial charge in [0.25, 0.3) is 0 Å².